The van der Waals surface area contributed by atoms with Gasteiger partial charge in [-0.05, 0) is 78.6 Å². The first-order chi connectivity index (χ1) is 17.5. The molecule has 0 unspecified atom stereocenters. The number of hydrogen-bond donors (Lipinski definition) is 0. The third-order valence-electron chi connectivity index (χ3n) is 6.73. The molecule has 1 aromatic heterocycles. The number of hydrogen-bond acceptors (Lipinski definition) is 6. The maximum atomic E-state index is 13.7. The van der Waals surface area contributed by atoms with Crippen LogP contribution < -0.4 is 9.47 Å². The van der Waals surface area contributed by atoms with E-state index < -0.39 is 10.0 Å². The molecule has 3 aromatic rings. The second-order valence-corrected chi connectivity index (χ2v) is 12.1. The number of methoxy groups -OCH3 is 1. The van der Waals surface area contributed by atoms with Crippen LogP contribution in [0.5, 0.6) is 11.5 Å². The Bertz CT molecular complexity index is 1290. The van der Waals surface area contributed by atoms with Gasteiger partial charge in [0.25, 0.3) is 0 Å². The summed E-state index contributed by atoms with van der Waals surface area (Å²) in [6.45, 7) is 1.01. The number of ether oxygens (including phenoxy) is 2. The Morgan fingerprint density at radius 2 is 1.81 bits per heavy atom. The topological polar surface area (TPSA) is 76.2 Å². The summed E-state index contributed by atoms with van der Waals surface area (Å²) in [5.41, 5.74) is 1.09. The highest BCUT2D eigenvalue weighted by molar-refractivity contribution is 7.89. The van der Waals surface area contributed by atoms with E-state index in [0.29, 0.717) is 31.4 Å². The predicted octanol–water partition coefficient (Wildman–Crippen LogP) is 4.36. The number of rotatable bonds is 10. The molecule has 190 valence electrons. The Balaban J connectivity index is 1.37. The summed E-state index contributed by atoms with van der Waals surface area (Å²) < 4.78 is 39.7. The number of thiophene rings is 1. The standard InChI is InChI=1S/C27H30N2O5S2/c1-33-21-9-11-23(12-10-21)36(31,32)28(17-20-7-8-20)18-27(30)29-15-13-26-24(14-16-35-26)25(29)19-34-22-5-3-2-4-6-22/h2-6,9-12,14,16,20,25H,7-8,13,15,17-19H2,1H3/t25-/m0/s1. The van der Waals surface area contributed by atoms with Crippen LogP contribution in [0.2, 0.25) is 0 Å². The Hall–Kier alpha value is -2.88. The molecule has 2 aliphatic rings. The molecule has 5 rings (SSSR count). The van der Waals surface area contributed by atoms with Crippen molar-refractivity contribution in [3.63, 3.8) is 0 Å². The molecule has 1 aliphatic carbocycles. The lowest BCUT2D eigenvalue weighted by Gasteiger charge is -2.37. The Morgan fingerprint density at radius 1 is 1.06 bits per heavy atom. The van der Waals surface area contributed by atoms with Gasteiger partial charge in [0.15, 0.2) is 0 Å². The molecule has 0 N–H and O–H groups in total. The molecule has 0 saturated heterocycles. The molecule has 36 heavy (non-hydrogen) atoms. The summed E-state index contributed by atoms with van der Waals surface area (Å²) in [7, 11) is -2.30. The van der Waals surface area contributed by atoms with Gasteiger partial charge >= 0.3 is 0 Å². The molecule has 0 radical (unpaired) electrons. The highest BCUT2D eigenvalue weighted by Crippen LogP contribution is 2.35. The molecule has 1 amide bonds. The first-order valence-corrected chi connectivity index (χ1v) is 14.5. The summed E-state index contributed by atoms with van der Waals surface area (Å²) in [5, 5.41) is 2.04. The van der Waals surface area contributed by atoms with Crippen molar-refractivity contribution in [1.29, 1.82) is 0 Å². The fraction of sp³-hybridized carbons (Fsp3) is 0.370. The van der Waals surface area contributed by atoms with Crippen molar-refractivity contribution in [1.82, 2.24) is 9.21 Å². The van der Waals surface area contributed by atoms with Crippen LogP contribution in [0.1, 0.15) is 29.3 Å². The SMILES string of the molecule is COc1ccc(S(=O)(=O)N(CC(=O)N2CCc3sccc3[C@@H]2COc2ccccc2)CC2CC2)cc1. The summed E-state index contributed by atoms with van der Waals surface area (Å²) in [4.78, 5) is 16.9. The maximum absolute atomic E-state index is 13.7. The summed E-state index contributed by atoms with van der Waals surface area (Å²) in [5.74, 6) is 1.42. The zero-order valence-corrected chi connectivity index (χ0v) is 21.8. The number of nitrogens with zero attached hydrogens (tertiary/aromatic N) is 2. The van der Waals surface area contributed by atoms with Gasteiger partial charge in [-0.2, -0.15) is 4.31 Å². The first-order valence-electron chi connectivity index (χ1n) is 12.1. The molecular formula is C27H30N2O5S2. The minimum Gasteiger partial charge on any atom is -0.497 e. The van der Waals surface area contributed by atoms with E-state index in [1.54, 1.807) is 28.4 Å². The van der Waals surface area contributed by atoms with E-state index in [0.717, 1.165) is 30.6 Å². The van der Waals surface area contributed by atoms with Crippen molar-refractivity contribution >= 4 is 27.3 Å². The van der Waals surface area contributed by atoms with Crippen LogP contribution in [-0.2, 0) is 21.2 Å². The number of amides is 1. The van der Waals surface area contributed by atoms with E-state index in [9.17, 15) is 13.2 Å². The Labute approximate surface area is 216 Å². The quantitative estimate of drug-likeness (QED) is 0.392. The highest BCUT2D eigenvalue weighted by Gasteiger charge is 2.37. The van der Waals surface area contributed by atoms with Crippen molar-refractivity contribution in [2.45, 2.75) is 30.2 Å². The number of fused-ring (bicyclic) bond motifs is 1. The van der Waals surface area contributed by atoms with E-state index in [-0.39, 0.29) is 23.4 Å². The van der Waals surface area contributed by atoms with E-state index >= 15 is 0 Å². The van der Waals surface area contributed by atoms with Crippen LogP contribution in [0.15, 0.2) is 70.9 Å². The van der Waals surface area contributed by atoms with E-state index in [2.05, 4.69) is 6.07 Å². The second-order valence-electron chi connectivity index (χ2n) is 9.19. The predicted molar refractivity (Wildman–Crippen MR) is 139 cm³/mol. The molecular weight excluding hydrogens is 496 g/mol. The van der Waals surface area contributed by atoms with E-state index in [1.165, 1.54) is 28.4 Å². The highest BCUT2D eigenvalue weighted by atomic mass is 32.2. The van der Waals surface area contributed by atoms with Gasteiger partial charge in [-0.1, -0.05) is 18.2 Å². The number of sulfonamides is 1. The van der Waals surface area contributed by atoms with Crippen molar-refractivity contribution in [2.24, 2.45) is 5.92 Å². The van der Waals surface area contributed by atoms with E-state index in [4.69, 9.17) is 9.47 Å². The largest absolute Gasteiger partial charge is 0.497 e. The molecule has 1 saturated carbocycles. The smallest absolute Gasteiger partial charge is 0.243 e. The molecule has 0 bridgehead atoms. The number of carbonyl (C=O) groups is 1. The van der Waals surface area contributed by atoms with Crippen LogP contribution in [0.25, 0.3) is 0 Å². The minimum absolute atomic E-state index is 0.166. The van der Waals surface area contributed by atoms with Crippen LogP contribution in [0.4, 0.5) is 0 Å². The fourth-order valence-electron chi connectivity index (χ4n) is 4.54. The number of benzene rings is 2. The van der Waals surface area contributed by atoms with Crippen LogP contribution in [0.3, 0.4) is 0 Å². The Kier molecular flexibility index (Phi) is 7.32. The van der Waals surface area contributed by atoms with Gasteiger partial charge in [-0.15, -0.1) is 11.3 Å². The van der Waals surface area contributed by atoms with Gasteiger partial charge in [0.2, 0.25) is 15.9 Å². The van der Waals surface area contributed by atoms with Gasteiger partial charge in [0.1, 0.15) is 18.1 Å². The third kappa shape index (κ3) is 5.43. The third-order valence-corrected chi connectivity index (χ3v) is 9.56. The molecule has 9 heteroatoms. The lowest BCUT2D eigenvalue weighted by molar-refractivity contribution is -0.135. The average molecular weight is 527 g/mol. The number of carbonyl (C=O) groups excluding carboxylic acids is 1. The van der Waals surface area contributed by atoms with Gasteiger partial charge in [-0.3, -0.25) is 4.79 Å². The minimum atomic E-state index is -3.84. The lowest BCUT2D eigenvalue weighted by Crippen LogP contribution is -2.48. The zero-order valence-electron chi connectivity index (χ0n) is 20.2. The van der Waals surface area contributed by atoms with Crippen LogP contribution in [0, 0.1) is 5.92 Å². The second kappa shape index (κ2) is 10.6. The van der Waals surface area contributed by atoms with Gasteiger partial charge in [0, 0.05) is 18.0 Å². The molecule has 0 spiro atoms. The molecule has 1 atom stereocenters. The fourth-order valence-corrected chi connectivity index (χ4v) is 6.93. The van der Waals surface area contributed by atoms with Gasteiger partial charge in [-0.25, -0.2) is 8.42 Å². The monoisotopic (exact) mass is 526 g/mol. The van der Waals surface area contributed by atoms with Crippen molar-refractivity contribution in [3.05, 3.63) is 76.5 Å². The van der Waals surface area contributed by atoms with Gasteiger partial charge < -0.3 is 14.4 Å². The van der Waals surface area contributed by atoms with Crippen molar-refractivity contribution in [2.75, 3.05) is 33.4 Å². The summed E-state index contributed by atoms with van der Waals surface area (Å²) >= 11 is 1.69. The number of para-hydroxylation sites is 1. The molecule has 1 aliphatic heterocycles. The lowest BCUT2D eigenvalue weighted by atomic mass is 10.0. The molecule has 2 heterocycles. The normalized spacial score (nSPS) is 17.6. The first kappa shape index (κ1) is 24.8. The average Bonchev–Trinajstić information content (AvgIpc) is 3.59. The summed E-state index contributed by atoms with van der Waals surface area (Å²) in [6, 6.07) is 17.6. The summed E-state index contributed by atoms with van der Waals surface area (Å²) in [6.07, 6.45) is 2.73. The molecule has 1 fully saturated rings. The van der Waals surface area contributed by atoms with Gasteiger partial charge in [0.05, 0.1) is 24.6 Å². The Morgan fingerprint density at radius 3 is 2.50 bits per heavy atom. The van der Waals surface area contributed by atoms with Crippen molar-refractivity contribution in [3.8, 4) is 11.5 Å². The van der Waals surface area contributed by atoms with Crippen LogP contribution >= 0.6 is 11.3 Å². The van der Waals surface area contributed by atoms with Crippen LogP contribution in [-0.4, -0.2) is 56.9 Å². The molecule has 2 aromatic carbocycles. The zero-order chi connectivity index (χ0) is 25.1. The molecule has 7 nitrogen and oxygen atoms in total. The van der Waals surface area contributed by atoms with Crippen molar-refractivity contribution < 1.29 is 22.7 Å². The van der Waals surface area contributed by atoms with E-state index in [1.807, 2.05) is 35.7 Å². The maximum Gasteiger partial charge on any atom is 0.243 e.